The van der Waals surface area contributed by atoms with Crippen LogP contribution in [0, 0.1) is 0 Å². The van der Waals surface area contributed by atoms with Crippen LogP contribution in [-0.2, 0) is 22.4 Å². The molecule has 0 spiro atoms. The molecule has 1 atom stereocenters. The van der Waals surface area contributed by atoms with Crippen molar-refractivity contribution in [3.63, 3.8) is 0 Å². The third-order valence-corrected chi connectivity index (χ3v) is 5.22. The van der Waals surface area contributed by atoms with Crippen molar-refractivity contribution in [2.75, 3.05) is 11.4 Å². The summed E-state index contributed by atoms with van der Waals surface area (Å²) in [5, 5.41) is 4.48. The van der Waals surface area contributed by atoms with Gasteiger partial charge in [-0.3, -0.25) is 9.59 Å². The molecule has 0 saturated carbocycles. The highest BCUT2D eigenvalue weighted by Gasteiger charge is 2.39. The summed E-state index contributed by atoms with van der Waals surface area (Å²) in [7, 11) is 0. The van der Waals surface area contributed by atoms with E-state index >= 15 is 0 Å². The molecule has 0 aliphatic carbocycles. The van der Waals surface area contributed by atoms with E-state index in [2.05, 4.69) is 22.4 Å². The summed E-state index contributed by atoms with van der Waals surface area (Å²) in [6.07, 6.45) is 3.81. The molecule has 0 radical (unpaired) electrons. The number of H-pyrrole nitrogens is 1. The number of aromatic amines is 1. The second-order valence-electron chi connectivity index (χ2n) is 6.87. The van der Waals surface area contributed by atoms with Crippen LogP contribution in [0.5, 0.6) is 0 Å². The van der Waals surface area contributed by atoms with E-state index in [0.29, 0.717) is 6.54 Å². The van der Waals surface area contributed by atoms with Gasteiger partial charge in [-0.2, -0.15) is 0 Å². The first-order valence-corrected chi connectivity index (χ1v) is 9.42. The zero-order valence-electron chi connectivity index (χ0n) is 15.4. The fourth-order valence-corrected chi connectivity index (χ4v) is 3.79. The van der Waals surface area contributed by atoms with Crippen molar-refractivity contribution in [1.82, 2.24) is 10.3 Å². The van der Waals surface area contributed by atoms with Crippen LogP contribution in [0.1, 0.15) is 24.5 Å². The largest absolute Gasteiger partial charge is 0.361 e. The van der Waals surface area contributed by atoms with Gasteiger partial charge >= 0.3 is 0 Å². The molecule has 2 aromatic carbocycles. The van der Waals surface area contributed by atoms with Crippen molar-refractivity contribution in [3.05, 3.63) is 65.9 Å². The summed E-state index contributed by atoms with van der Waals surface area (Å²) in [5.41, 5.74) is 4.06. The Hall–Kier alpha value is -2.92. The van der Waals surface area contributed by atoms with Crippen molar-refractivity contribution >= 4 is 28.4 Å². The fraction of sp³-hybridized carbons (Fsp3) is 0.273. The Morgan fingerprint density at radius 3 is 2.70 bits per heavy atom. The lowest BCUT2D eigenvalue weighted by atomic mass is 10.1. The van der Waals surface area contributed by atoms with Crippen LogP contribution in [0.2, 0.25) is 0 Å². The predicted octanol–water partition coefficient (Wildman–Crippen LogP) is 3.19. The third kappa shape index (κ3) is 3.26. The number of nitrogens with zero attached hydrogens (tertiary/aromatic N) is 1. The fourth-order valence-electron chi connectivity index (χ4n) is 3.79. The molecule has 1 aliphatic heterocycles. The summed E-state index contributed by atoms with van der Waals surface area (Å²) in [6, 6.07) is 15.3. The van der Waals surface area contributed by atoms with Gasteiger partial charge in [0.05, 0.1) is 18.2 Å². The molecule has 1 fully saturated rings. The number of anilines is 1. The molecule has 2 N–H and O–H groups in total. The normalized spacial score (nSPS) is 17.2. The van der Waals surface area contributed by atoms with Crippen molar-refractivity contribution in [2.24, 2.45) is 0 Å². The molecule has 1 aliphatic rings. The molecule has 0 unspecified atom stereocenters. The molecule has 5 heteroatoms. The first-order chi connectivity index (χ1) is 13.2. The third-order valence-electron chi connectivity index (χ3n) is 5.22. The molecule has 2 heterocycles. The second-order valence-corrected chi connectivity index (χ2v) is 6.87. The zero-order chi connectivity index (χ0) is 18.8. The summed E-state index contributed by atoms with van der Waals surface area (Å²) < 4.78 is 0. The lowest BCUT2D eigenvalue weighted by Crippen LogP contribution is -2.39. The Balaban J connectivity index is 1.43. The average Bonchev–Trinajstić information content (AvgIpc) is 3.23. The lowest BCUT2D eigenvalue weighted by molar-refractivity contribution is -0.121. The van der Waals surface area contributed by atoms with Crippen LogP contribution in [0.3, 0.4) is 0 Å². The van der Waals surface area contributed by atoms with E-state index in [9.17, 15) is 9.59 Å². The Kier molecular flexibility index (Phi) is 4.77. The van der Waals surface area contributed by atoms with Crippen LogP contribution >= 0.6 is 0 Å². The Labute approximate surface area is 158 Å². The molecule has 5 nitrogen and oxygen atoms in total. The summed E-state index contributed by atoms with van der Waals surface area (Å²) in [6.45, 7) is 2.68. The average molecular weight is 361 g/mol. The van der Waals surface area contributed by atoms with Crippen LogP contribution in [0.25, 0.3) is 10.9 Å². The number of aromatic nitrogens is 1. The van der Waals surface area contributed by atoms with Gasteiger partial charge in [0.2, 0.25) is 5.91 Å². The molecule has 0 bridgehead atoms. The van der Waals surface area contributed by atoms with Gasteiger partial charge in [0.25, 0.3) is 5.91 Å². The topological polar surface area (TPSA) is 65.2 Å². The van der Waals surface area contributed by atoms with Crippen molar-refractivity contribution in [1.29, 1.82) is 0 Å². The van der Waals surface area contributed by atoms with Gasteiger partial charge in [-0.1, -0.05) is 43.3 Å². The number of carbonyl (C=O) groups excluding carboxylic acids is 2. The molecule has 138 valence electrons. The minimum atomic E-state index is -0.451. The molecule has 4 rings (SSSR count). The summed E-state index contributed by atoms with van der Waals surface area (Å²) in [4.78, 5) is 29.9. The number of benzene rings is 2. The number of para-hydroxylation sites is 2. The minimum absolute atomic E-state index is 0.134. The van der Waals surface area contributed by atoms with Crippen molar-refractivity contribution < 1.29 is 9.59 Å². The first-order valence-electron chi connectivity index (χ1n) is 9.42. The highest BCUT2D eigenvalue weighted by molar-refractivity contribution is 6.22. The van der Waals surface area contributed by atoms with E-state index in [1.807, 2.05) is 49.5 Å². The highest BCUT2D eigenvalue weighted by atomic mass is 16.2. The van der Waals surface area contributed by atoms with Gasteiger partial charge in [-0.15, -0.1) is 0 Å². The number of hydrogen-bond acceptors (Lipinski definition) is 3. The van der Waals surface area contributed by atoms with E-state index in [1.165, 1.54) is 15.8 Å². The number of rotatable bonds is 6. The number of hydrogen-bond donors (Lipinski definition) is 2. The van der Waals surface area contributed by atoms with Gasteiger partial charge in [0, 0.05) is 23.6 Å². The molecule has 27 heavy (non-hydrogen) atoms. The zero-order valence-corrected chi connectivity index (χ0v) is 15.4. The maximum absolute atomic E-state index is 12.8. The standard InChI is InChI=1S/C22H23N3O2/c1-2-15-7-3-6-10-20(15)25-21(26)13-19(22(25)27)23-12-11-16-14-24-18-9-5-4-8-17(16)18/h3-10,14,19,23-24H,2,11-13H2,1H3/t19-/m1/s1. The maximum Gasteiger partial charge on any atom is 0.251 e. The quantitative estimate of drug-likeness (QED) is 0.663. The Morgan fingerprint density at radius 2 is 1.85 bits per heavy atom. The molecule has 1 saturated heterocycles. The second kappa shape index (κ2) is 7.37. The molecular formula is C22H23N3O2. The predicted molar refractivity (Wildman–Crippen MR) is 107 cm³/mol. The lowest BCUT2D eigenvalue weighted by Gasteiger charge is -2.18. The van der Waals surface area contributed by atoms with Gasteiger partial charge < -0.3 is 10.3 Å². The molecule has 3 aromatic rings. The van der Waals surface area contributed by atoms with Gasteiger partial charge in [-0.05, 0) is 36.1 Å². The summed E-state index contributed by atoms with van der Waals surface area (Å²) in [5.74, 6) is -0.287. The highest BCUT2D eigenvalue weighted by Crippen LogP contribution is 2.27. The Bertz CT molecular complexity index is 992. The number of carbonyl (C=O) groups is 2. The van der Waals surface area contributed by atoms with E-state index in [0.717, 1.165) is 29.6 Å². The minimum Gasteiger partial charge on any atom is -0.361 e. The maximum atomic E-state index is 12.8. The van der Waals surface area contributed by atoms with E-state index in [-0.39, 0.29) is 18.2 Å². The number of imide groups is 1. The van der Waals surface area contributed by atoms with Crippen LogP contribution < -0.4 is 10.2 Å². The monoisotopic (exact) mass is 361 g/mol. The smallest absolute Gasteiger partial charge is 0.251 e. The van der Waals surface area contributed by atoms with Crippen LogP contribution in [-0.4, -0.2) is 29.4 Å². The van der Waals surface area contributed by atoms with Crippen LogP contribution in [0.4, 0.5) is 5.69 Å². The van der Waals surface area contributed by atoms with Crippen molar-refractivity contribution in [2.45, 2.75) is 32.2 Å². The van der Waals surface area contributed by atoms with Crippen LogP contribution in [0.15, 0.2) is 54.7 Å². The summed E-state index contributed by atoms with van der Waals surface area (Å²) >= 11 is 0. The van der Waals surface area contributed by atoms with Crippen molar-refractivity contribution in [3.8, 4) is 0 Å². The van der Waals surface area contributed by atoms with Gasteiger partial charge in [-0.25, -0.2) is 4.90 Å². The van der Waals surface area contributed by atoms with Gasteiger partial charge in [0.15, 0.2) is 0 Å². The Morgan fingerprint density at radius 1 is 1.07 bits per heavy atom. The first kappa shape index (κ1) is 17.5. The number of nitrogens with one attached hydrogen (secondary N) is 2. The van der Waals surface area contributed by atoms with E-state index < -0.39 is 6.04 Å². The number of amides is 2. The van der Waals surface area contributed by atoms with Gasteiger partial charge in [0.1, 0.15) is 0 Å². The number of aryl methyl sites for hydroxylation is 1. The number of fused-ring (bicyclic) bond motifs is 1. The molecule has 1 aromatic heterocycles. The van der Waals surface area contributed by atoms with E-state index in [1.54, 1.807) is 0 Å². The SMILES string of the molecule is CCc1ccccc1N1C(=O)C[C@@H](NCCc2c[nH]c3ccccc23)C1=O. The molecule has 2 amide bonds. The van der Waals surface area contributed by atoms with E-state index in [4.69, 9.17) is 0 Å². The molecular weight excluding hydrogens is 338 g/mol.